The summed E-state index contributed by atoms with van der Waals surface area (Å²) in [5.41, 5.74) is 13.0. The summed E-state index contributed by atoms with van der Waals surface area (Å²) in [4.78, 5) is 28.4. The molecule has 0 atom stereocenters. The van der Waals surface area contributed by atoms with E-state index in [1.54, 1.807) is 0 Å². The van der Waals surface area contributed by atoms with Gasteiger partial charge in [0.1, 0.15) is 6.54 Å². The van der Waals surface area contributed by atoms with Crippen LogP contribution in [0.2, 0.25) is 0 Å². The number of ether oxygens (including phenoxy) is 1. The third-order valence-corrected chi connectivity index (χ3v) is 1.75. The lowest BCUT2D eigenvalue weighted by atomic mass is 10.5. The van der Waals surface area contributed by atoms with Crippen LogP contribution in [0.4, 0.5) is 0 Å². The topological polar surface area (TPSA) is 136 Å². The van der Waals surface area contributed by atoms with Gasteiger partial charge in [-0.15, -0.1) is 0 Å². The van der Waals surface area contributed by atoms with Gasteiger partial charge in [-0.25, -0.2) is 4.98 Å². The van der Waals surface area contributed by atoms with E-state index in [1.807, 2.05) is 0 Å². The Hall–Kier alpha value is -2.54. The molecule has 0 spiro atoms. The number of hydrogen-bond donors (Lipinski definition) is 1. The summed E-state index contributed by atoms with van der Waals surface area (Å²) in [6.45, 7) is -0.118. The van der Waals surface area contributed by atoms with Gasteiger partial charge in [0.15, 0.2) is 5.82 Å². The van der Waals surface area contributed by atoms with E-state index < -0.39 is 11.9 Å². The van der Waals surface area contributed by atoms with Crippen molar-refractivity contribution in [3.8, 4) is 0 Å². The van der Waals surface area contributed by atoms with Crippen LogP contribution >= 0.6 is 0 Å². The maximum atomic E-state index is 11.3. The summed E-state index contributed by atoms with van der Waals surface area (Å²) in [5, 5.41) is 3.20. The Balaban J connectivity index is 2.47. The third-order valence-electron chi connectivity index (χ3n) is 1.75. The van der Waals surface area contributed by atoms with Crippen LogP contribution in [0.25, 0.3) is 10.4 Å². The molecule has 0 saturated heterocycles. The van der Waals surface area contributed by atoms with Crippen molar-refractivity contribution in [3.05, 3.63) is 28.7 Å². The molecule has 90 valence electrons. The molecule has 0 aliphatic heterocycles. The average Bonchev–Trinajstić information content (AvgIpc) is 2.72. The van der Waals surface area contributed by atoms with E-state index >= 15 is 0 Å². The summed E-state index contributed by atoms with van der Waals surface area (Å²) in [5.74, 6) is -1.31. The van der Waals surface area contributed by atoms with Crippen molar-refractivity contribution in [3.63, 3.8) is 0 Å². The minimum atomic E-state index is -0.725. The number of nitrogens with zero attached hydrogens (tertiary/aromatic N) is 5. The van der Waals surface area contributed by atoms with Gasteiger partial charge in [0.05, 0.1) is 13.2 Å². The second-order valence-electron chi connectivity index (χ2n) is 2.92. The zero-order chi connectivity index (χ0) is 12.7. The van der Waals surface area contributed by atoms with Gasteiger partial charge >= 0.3 is 5.97 Å². The highest BCUT2D eigenvalue weighted by Gasteiger charge is 2.12. The number of nitrogens with two attached hydrogens (primary N) is 1. The number of rotatable bonds is 6. The molecule has 0 aliphatic carbocycles. The number of carbonyl (C=O) groups excluding carboxylic acids is 2. The van der Waals surface area contributed by atoms with Gasteiger partial charge in [0.25, 0.3) is 5.91 Å². The molecule has 0 unspecified atom stereocenters. The van der Waals surface area contributed by atoms with Crippen LogP contribution in [0.15, 0.2) is 17.5 Å². The Kier molecular flexibility index (Phi) is 4.52. The number of imidazole rings is 1. The van der Waals surface area contributed by atoms with E-state index in [0.717, 1.165) is 0 Å². The minimum absolute atomic E-state index is 0.0104. The molecule has 0 saturated carbocycles. The highest BCUT2D eigenvalue weighted by molar-refractivity contribution is 5.89. The average molecular weight is 238 g/mol. The molecule has 1 heterocycles. The summed E-state index contributed by atoms with van der Waals surface area (Å²) in [6, 6.07) is 0. The highest BCUT2D eigenvalue weighted by Crippen LogP contribution is 1.97. The summed E-state index contributed by atoms with van der Waals surface area (Å²) in [7, 11) is 0. The van der Waals surface area contributed by atoms with Crippen LogP contribution in [-0.4, -0.2) is 34.6 Å². The Morgan fingerprint density at radius 2 is 2.41 bits per heavy atom. The molecule has 0 aromatic carbocycles. The zero-order valence-corrected chi connectivity index (χ0v) is 8.81. The van der Waals surface area contributed by atoms with Crippen LogP contribution in [0.3, 0.4) is 0 Å². The lowest BCUT2D eigenvalue weighted by Crippen LogP contribution is -2.22. The fourth-order valence-electron chi connectivity index (χ4n) is 1.09. The first kappa shape index (κ1) is 12.5. The lowest BCUT2D eigenvalue weighted by Gasteiger charge is -2.05. The number of amides is 1. The molecule has 0 aliphatic rings. The number of esters is 1. The first-order valence-corrected chi connectivity index (χ1v) is 4.62. The fraction of sp³-hybridized carbons (Fsp3) is 0.375. The first-order valence-electron chi connectivity index (χ1n) is 4.62. The maximum Gasteiger partial charge on any atom is 0.326 e. The summed E-state index contributed by atoms with van der Waals surface area (Å²) in [6.07, 6.45) is 2.79. The normalized spacial score (nSPS) is 9.41. The fourth-order valence-corrected chi connectivity index (χ4v) is 1.09. The summed E-state index contributed by atoms with van der Waals surface area (Å²) < 4.78 is 6.02. The van der Waals surface area contributed by atoms with E-state index in [2.05, 4.69) is 15.0 Å². The second kappa shape index (κ2) is 6.13. The van der Waals surface area contributed by atoms with Crippen LogP contribution in [0.1, 0.15) is 10.6 Å². The van der Waals surface area contributed by atoms with E-state index in [0.29, 0.717) is 0 Å². The Bertz CT molecular complexity index is 462. The van der Waals surface area contributed by atoms with Gasteiger partial charge < -0.3 is 15.0 Å². The molecule has 17 heavy (non-hydrogen) atoms. The molecule has 1 rings (SSSR count). The van der Waals surface area contributed by atoms with E-state index in [-0.39, 0.29) is 25.5 Å². The molecule has 1 amide bonds. The van der Waals surface area contributed by atoms with Crippen molar-refractivity contribution in [2.75, 3.05) is 13.2 Å². The van der Waals surface area contributed by atoms with Gasteiger partial charge in [-0.1, -0.05) is 5.11 Å². The van der Waals surface area contributed by atoms with Crippen LogP contribution in [0, 0.1) is 0 Å². The lowest BCUT2D eigenvalue weighted by molar-refractivity contribution is -0.144. The second-order valence-corrected chi connectivity index (χ2v) is 2.92. The number of aromatic nitrogens is 2. The van der Waals surface area contributed by atoms with Gasteiger partial charge in [-0.05, 0) is 5.53 Å². The largest absolute Gasteiger partial charge is 0.464 e. The molecule has 9 nitrogen and oxygen atoms in total. The maximum absolute atomic E-state index is 11.3. The number of primary amides is 1. The molecule has 0 fully saturated rings. The van der Waals surface area contributed by atoms with Crippen LogP contribution < -0.4 is 5.73 Å². The van der Waals surface area contributed by atoms with Gasteiger partial charge in [0, 0.05) is 17.3 Å². The highest BCUT2D eigenvalue weighted by atomic mass is 16.5. The Morgan fingerprint density at radius 1 is 1.65 bits per heavy atom. The standard InChI is InChI=1S/C8H10N6O3/c9-7(16)8-11-1-3-14(8)5-6(15)17-4-2-12-13-10/h1,3H,2,4-5H2,(H2,9,16). The smallest absolute Gasteiger partial charge is 0.326 e. The Morgan fingerprint density at radius 3 is 3.06 bits per heavy atom. The predicted octanol–water partition coefficient (Wildman–Crippen LogP) is -0.164. The SMILES string of the molecule is [N-]=[N+]=NCCOC(=O)Cn1ccnc1C(N)=O. The summed E-state index contributed by atoms with van der Waals surface area (Å²) >= 11 is 0. The van der Waals surface area contributed by atoms with Crippen molar-refractivity contribution in [2.24, 2.45) is 10.8 Å². The number of carbonyl (C=O) groups is 2. The monoisotopic (exact) mass is 238 g/mol. The molecule has 1 aromatic heterocycles. The molecular formula is C8H10N6O3. The minimum Gasteiger partial charge on any atom is -0.464 e. The molecular weight excluding hydrogens is 228 g/mol. The van der Waals surface area contributed by atoms with Gasteiger partial charge in [0.2, 0.25) is 0 Å². The molecule has 9 heteroatoms. The molecule has 1 aromatic rings. The van der Waals surface area contributed by atoms with Gasteiger partial charge in [-0.2, -0.15) is 0 Å². The van der Waals surface area contributed by atoms with Crippen molar-refractivity contribution in [1.29, 1.82) is 0 Å². The zero-order valence-electron chi connectivity index (χ0n) is 8.81. The van der Waals surface area contributed by atoms with Crippen LogP contribution in [0.5, 0.6) is 0 Å². The Labute approximate surface area is 95.8 Å². The van der Waals surface area contributed by atoms with E-state index in [9.17, 15) is 9.59 Å². The van der Waals surface area contributed by atoms with Crippen molar-refractivity contribution in [1.82, 2.24) is 9.55 Å². The quantitative estimate of drug-likeness (QED) is 0.242. The van der Waals surface area contributed by atoms with E-state index in [1.165, 1.54) is 17.0 Å². The molecule has 0 bridgehead atoms. The van der Waals surface area contributed by atoms with Crippen LogP contribution in [-0.2, 0) is 16.1 Å². The van der Waals surface area contributed by atoms with Crippen molar-refractivity contribution in [2.45, 2.75) is 6.54 Å². The first-order chi connectivity index (χ1) is 8.15. The van der Waals surface area contributed by atoms with Crippen molar-refractivity contribution >= 4 is 11.9 Å². The van der Waals surface area contributed by atoms with E-state index in [4.69, 9.17) is 16.0 Å². The predicted molar refractivity (Wildman–Crippen MR) is 55.7 cm³/mol. The van der Waals surface area contributed by atoms with Crippen molar-refractivity contribution < 1.29 is 14.3 Å². The third kappa shape index (κ3) is 3.84. The molecule has 0 radical (unpaired) electrons. The number of azide groups is 1. The van der Waals surface area contributed by atoms with Gasteiger partial charge in [-0.3, -0.25) is 9.59 Å². The molecule has 2 N–H and O–H groups in total. The number of hydrogen-bond acceptors (Lipinski definition) is 5.